The lowest BCUT2D eigenvalue weighted by atomic mass is 9.77. The molecule has 0 aromatic heterocycles. The molecule has 21 heavy (non-hydrogen) atoms. The number of benzene rings is 1. The second-order valence-electron chi connectivity index (χ2n) is 4.67. The Morgan fingerprint density at radius 3 is 2.57 bits per heavy atom. The third-order valence-electron chi connectivity index (χ3n) is 3.52. The second-order valence-corrected chi connectivity index (χ2v) is 4.67. The number of hydrogen-bond donors (Lipinski definition) is 0. The Labute approximate surface area is 122 Å². The molecule has 1 aliphatic carbocycles. The van der Waals surface area contributed by atoms with Gasteiger partial charge in [-0.15, -0.1) is 4.91 Å². The van der Waals surface area contributed by atoms with E-state index in [1.54, 1.807) is 21.1 Å². The molecule has 0 N–H and O–H groups in total. The van der Waals surface area contributed by atoms with Gasteiger partial charge in [0.25, 0.3) is 0 Å². The molecule has 0 radical (unpaired) electrons. The summed E-state index contributed by atoms with van der Waals surface area (Å²) in [5.41, 5.74) is 2.15. The fourth-order valence-electron chi connectivity index (χ4n) is 2.45. The fraction of sp³-hybridized carbons (Fsp3) is 0.500. The predicted molar refractivity (Wildman–Crippen MR) is 75.5 cm³/mol. The van der Waals surface area contributed by atoms with E-state index >= 15 is 0 Å². The van der Waals surface area contributed by atoms with Crippen LogP contribution in [0.1, 0.15) is 24.0 Å². The van der Waals surface area contributed by atoms with Crippen LogP contribution in [-0.4, -0.2) is 38.5 Å². The average molecular weight is 294 g/mol. The number of rotatable bonds is 6. The van der Waals surface area contributed by atoms with Crippen LogP contribution in [0.25, 0.3) is 0 Å². The van der Waals surface area contributed by atoms with Crippen molar-refractivity contribution in [1.82, 2.24) is 5.01 Å². The minimum Gasteiger partial charge on any atom is -0.493 e. The van der Waals surface area contributed by atoms with Gasteiger partial charge in [-0.1, -0.05) is 0 Å². The number of carbonyl (C=O) groups is 1. The molecule has 0 heterocycles. The summed E-state index contributed by atoms with van der Waals surface area (Å²) >= 11 is 0. The molecule has 1 aromatic rings. The van der Waals surface area contributed by atoms with Crippen LogP contribution in [0.15, 0.2) is 17.4 Å². The maximum absolute atomic E-state index is 11.6. The van der Waals surface area contributed by atoms with E-state index in [0.29, 0.717) is 11.5 Å². The van der Waals surface area contributed by atoms with Crippen LogP contribution in [0.3, 0.4) is 0 Å². The molecule has 0 saturated heterocycles. The van der Waals surface area contributed by atoms with Crippen molar-refractivity contribution >= 4 is 6.09 Å². The Morgan fingerprint density at radius 2 is 2.00 bits per heavy atom. The zero-order valence-electron chi connectivity index (χ0n) is 12.3. The summed E-state index contributed by atoms with van der Waals surface area (Å²) in [5, 5.41) is 3.54. The molecule has 2 rings (SSSR count). The summed E-state index contributed by atoms with van der Waals surface area (Å²) in [5.74, 6) is 1.34. The van der Waals surface area contributed by atoms with Gasteiger partial charge in [0, 0.05) is 5.92 Å². The number of carbonyl (C=O) groups excluding carboxylic acids is 1. The topological polar surface area (TPSA) is 77.4 Å². The normalized spacial score (nSPS) is 15.5. The van der Waals surface area contributed by atoms with Crippen molar-refractivity contribution in [2.24, 2.45) is 5.29 Å². The van der Waals surface area contributed by atoms with Gasteiger partial charge in [0.15, 0.2) is 11.5 Å². The first-order chi connectivity index (χ1) is 10.1. The molecule has 1 aliphatic rings. The van der Waals surface area contributed by atoms with E-state index in [2.05, 4.69) is 5.29 Å². The highest BCUT2D eigenvalue weighted by Gasteiger charge is 2.32. The summed E-state index contributed by atoms with van der Waals surface area (Å²) in [4.78, 5) is 22.3. The highest BCUT2D eigenvalue weighted by molar-refractivity contribution is 5.67. The number of nitrogens with zero attached hydrogens (tertiary/aromatic N) is 2. The molecule has 0 bridgehead atoms. The minimum atomic E-state index is -0.721. The van der Waals surface area contributed by atoms with Crippen LogP contribution in [0, 0.1) is 4.91 Å². The Hall–Kier alpha value is -2.31. The van der Waals surface area contributed by atoms with Crippen LogP contribution in [0.4, 0.5) is 4.79 Å². The molecule has 114 valence electrons. The van der Waals surface area contributed by atoms with Gasteiger partial charge in [-0.3, -0.25) is 0 Å². The van der Waals surface area contributed by atoms with Gasteiger partial charge < -0.3 is 14.2 Å². The standard InChI is InChI=1S/C14H18N2O5/c1-4-21-14(17)16(15-18)8-10-5-9-6-12(19-2)13(20-3)7-11(9)10/h6-7,10H,4-5,8H2,1-3H3/t10-/m1/s1. The molecule has 0 aliphatic heterocycles. The van der Waals surface area contributed by atoms with Gasteiger partial charge in [-0.05, 0) is 36.6 Å². The lowest BCUT2D eigenvalue weighted by Crippen LogP contribution is -2.34. The van der Waals surface area contributed by atoms with Crippen molar-refractivity contribution in [3.05, 3.63) is 28.2 Å². The molecular weight excluding hydrogens is 276 g/mol. The van der Waals surface area contributed by atoms with E-state index in [1.807, 2.05) is 12.1 Å². The molecular formula is C14H18N2O5. The number of methoxy groups -OCH3 is 2. The third kappa shape index (κ3) is 2.91. The first kappa shape index (κ1) is 15.1. The predicted octanol–water partition coefficient (Wildman–Crippen LogP) is 2.48. The molecule has 0 fully saturated rings. The van der Waals surface area contributed by atoms with Gasteiger partial charge >= 0.3 is 6.09 Å². The number of ether oxygens (including phenoxy) is 3. The van der Waals surface area contributed by atoms with Crippen molar-refractivity contribution in [3.8, 4) is 11.5 Å². The first-order valence-corrected chi connectivity index (χ1v) is 6.66. The van der Waals surface area contributed by atoms with Crippen LogP contribution >= 0.6 is 0 Å². The van der Waals surface area contributed by atoms with Gasteiger partial charge in [0.1, 0.15) is 0 Å². The zero-order chi connectivity index (χ0) is 15.4. The lowest BCUT2D eigenvalue weighted by molar-refractivity contribution is 0.104. The summed E-state index contributed by atoms with van der Waals surface area (Å²) in [6.07, 6.45) is 0.0302. The third-order valence-corrected chi connectivity index (χ3v) is 3.52. The van der Waals surface area contributed by atoms with Crippen LogP contribution in [0.5, 0.6) is 11.5 Å². The highest BCUT2D eigenvalue weighted by atomic mass is 16.6. The molecule has 1 atom stereocenters. The SMILES string of the molecule is CCOC(=O)N(C[C@H]1Cc2cc(OC)c(OC)cc21)N=O. The van der Waals surface area contributed by atoms with Crippen molar-refractivity contribution in [2.75, 3.05) is 27.4 Å². The molecule has 1 aromatic carbocycles. The number of nitroso groups, excluding NO2 is 1. The summed E-state index contributed by atoms with van der Waals surface area (Å²) in [6.45, 7) is 2.08. The number of fused-ring (bicyclic) bond motifs is 1. The van der Waals surface area contributed by atoms with Crippen molar-refractivity contribution in [2.45, 2.75) is 19.3 Å². The van der Waals surface area contributed by atoms with Crippen LogP contribution in [0.2, 0.25) is 0 Å². The van der Waals surface area contributed by atoms with E-state index in [4.69, 9.17) is 14.2 Å². The number of hydrogen-bond acceptors (Lipinski definition) is 6. The number of amides is 1. The van der Waals surface area contributed by atoms with E-state index in [9.17, 15) is 9.70 Å². The van der Waals surface area contributed by atoms with Gasteiger partial charge in [0.05, 0.1) is 32.7 Å². The minimum absolute atomic E-state index is 0.0434. The summed E-state index contributed by atoms with van der Waals surface area (Å²) in [7, 11) is 3.15. The molecule has 7 nitrogen and oxygen atoms in total. The second kappa shape index (κ2) is 6.43. The van der Waals surface area contributed by atoms with Crippen LogP contribution < -0.4 is 9.47 Å². The smallest absolute Gasteiger partial charge is 0.433 e. The monoisotopic (exact) mass is 294 g/mol. The Kier molecular flexibility index (Phi) is 4.62. The molecule has 0 unspecified atom stereocenters. The van der Waals surface area contributed by atoms with E-state index in [1.165, 1.54) is 0 Å². The van der Waals surface area contributed by atoms with Crippen molar-refractivity contribution < 1.29 is 19.0 Å². The maximum atomic E-state index is 11.6. The van der Waals surface area contributed by atoms with E-state index in [0.717, 1.165) is 22.6 Å². The highest BCUT2D eigenvalue weighted by Crippen LogP contribution is 2.42. The van der Waals surface area contributed by atoms with Gasteiger partial charge in [0.2, 0.25) is 0 Å². The lowest BCUT2D eigenvalue weighted by Gasteiger charge is -2.32. The Balaban J connectivity index is 2.12. The van der Waals surface area contributed by atoms with E-state index in [-0.39, 0.29) is 19.1 Å². The summed E-state index contributed by atoms with van der Waals surface area (Å²) < 4.78 is 15.3. The largest absolute Gasteiger partial charge is 0.493 e. The Bertz CT molecular complexity index is 546. The maximum Gasteiger partial charge on any atom is 0.433 e. The van der Waals surface area contributed by atoms with Gasteiger partial charge in [-0.25, -0.2) is 4.79 Å². The molecule has 1 amide bonds. The molecule has 7 heteroatoms. The van der Waals surface area contributed by atoms with Crippen molar-refractivity contribution in [3.63, 3.8) is 0 Å². The summed E-state index contributed by atoms with van der Waals surface area (Å²) in [6, 6.07) is 3.78. The fourth-order valence-corrected chi connectivity index (χ4v) is 2.45. The zero-order valence-corrected chi connectivity index (χ0v) is 12.3. The van der Waals surface area contributed by atoms with Crippen molar-refractivity contribution in [1.29, 1.82) is 0 Å². The average Bonchev–Trinajstić information content (AvgIpc) is 2.48. The molecule has 0 saturated carbocycles. The molecule has 0 spiro atoms. The first-order valence-electron chi connectivity index (χ1n) is 6.66. The quantitative estimate of drug-likeness (QED) is 0.595. The van der Waals surface area contributed by atoms with Crippen LogP contribution in [-0.2, 0) is 11.2 Å². The Morgan fingerprint density at radius 1 is 1.33 bits per heavy atom. The van der Waals surface area contributed by atoms with Gasteiger partial charge in [-0.2, -0.15) is 5.01 Å². The van der Waals surface area contributed by atoms with E-state index < -0.39 is 6.09 Å².